The summed E-state index contributed by atoms with van der Waals surface area (Å²) in [4.78, 5) is 12.6. The smallest absolute Gasteiger partial charge is 0.322 e. The number of nitrogens with zero attached hydrogens (tertiary/aromatic N) is 1. The van der Waals surface area contributed by atoms with Crippen LogP contribution in [0.15, 0.2) is 76.5 Å². The summed E-state index contributed by atoms with van der Waals surface area (Å²) in [5.74, 6) is -0.712. The molecule has 0 radical (unpaired) electrons. The van der Waals surface area contributed by atoms with Gasteiger partial charge in [-0.15, -0.1) is 0 Å². The lowest BCUT2D eigenvalue weighted by molar-refractivity contribution is -0.137. The van der Waals surface area contributed by atoms with Crippen molar-refractivity contribution in [2.45, 2.75) is 41.7 Å². The highest BCUT2D eigenvalue weighted by Crippen LogP contribution is 2.31. The Labute approximate surface area is 235 Å². The van der Waals surface area contributed by atoms with Gasteiger partial charge < -0.3 is 5.32 Å². The van der Waals surface area contributed by atoms with E-state index < -0.39 is 37.7 Å². The van der Waals surface area contributed by atoms with E-state index in [-0.39, 0.29) is 31.8 Å². The topological polar surface area (TPSA) is 113 Å². The number of amides is 1. The molecule has 0 saturated carbocycles. The predicted molar refractivity (Wildman–Crippen MR) is 145 cm³/mol. The standard InChI is InChI=1S/C26H25ClF3N3O5S2/c27-24-13-12-22(40(37,38)33-14-3-1-2-4-15-33)17-23(24)25(34)31-19-8-10-21(11-9-19)39(35,36)32-20-7-5-6-18(16-20)26(28,29)30/h5-13,16-17,32H,1-4,14-15H2,(H,31,34). The zero-order valence-electron chi connectivity index (χ0n) is 20.9. The van der Waals surface area contributed by atoms with Crippen LogP contribution in [0.25, 0.3) is 0 Å². The molecular weight excluding hydrogens is 591 g/mol. The number of anilines is 2. The molecule has 1 saturated heterocycles. The molecule has 214 valence electrons. The van der Waals surface area contributed by atoms with Gasteiger partial charge in [0.25, 0.3) is 15.9 Å². The number of benzene rings is 3. The van der Waals surface area contributed by atoms with Crippen molar-refractivity contribution in [3.05, 3.63) is 82.9 Å². The Bertz CT molecular complexity index is 1610. The van der Waals surface area contributed by atoms with E-state index in [9.17, 15) is 34.8 Å². The quantitative estimate of drug-likeness (QED) is 0.340. The van der Waals surface area contributed by atoms with E-state index in [0.717, 1.165) is 49.9 Å². The molecule has 1 aliphatic heterocycles. The van der Waals surface area contributed by atoms with E-state index in [2.05, 4.69) is 10.0 Å². The van der Waals surface area contributed by atoms with Crippen molar-refractivity contribution in [3.8, 4) is 0 Å². The Balaban J connectivity index is 1.49. The summed E-state index contributed by atoms with van der Waals surface area (Å²) in [5.41, 5.74) is -1.18. The van der Waals surface area contributed by atoms with Gasteiger partial charge in [0.15, 0.2) is 0 Å². The molecule has 3 aromatic carbocycles. The van der Waals surface area contributed by atoms with Crippen LogP contribution in [0.4, 0.5) is 24.5 Å². The van der Waals surface area contributed by atoms with Gasteiger partial charge in [-0.1, -0.05) is 30.5 Å². The van der Waals surface area contributed by atoms with Gasteiger partial charge in [0.05, 0.1) is 25.9 Å². The molecule has 14 heteroatoms. The Kier molecular flexibility index (Phi) is 8.78. The molecule has 3 aromatic rings. The number of hydrogen-bond donors (Lipinski definition) is 2. The van der Waals surface area contributed by atoms with Crippen LogP contribution in [0, 0.1) is 0 Å². The summed E-state index contributed by atoms with van der Waals surface area (Å²) < 4.78 is 94.0. The van der Waals surface area contributed by atoms with E-state index >= 15 is 0 Å². The molecule has 1 heterocycles. The van der Waals surface area contributed by atoms with Crippen LogP contribution >= 0.6 is 11.6 Å². The number of alkyl halides is 3. The number of rotatable bonds is 7. The van der Waals surface area contributed by atoms with E-state index in [1.165, 1.54) is 40.7 Å². The van der Waals surface area contributed by atoms with Crippen molar-refractivity contribution in [2.24, 2.45) is 0 Å². The van der Waals surface area contributed by atoms with Crippen LogP contribution < -0.4 is 10.0 Å². The fourth-order valence-electron chi connectivity index (χ4n) is 4.16. The molecule has 0 unspecified atom stereocenters. The van der Waals surface area contributed by atoms with Crippen LogP contribution in [0.1, 0.15) is 41.6 Å². The Hall–Kier alpha value is -3.13. The largest absolute Gasteiger partial charge is 0.416 e. The molecule has 0 aromatic heterocycles. The van der Waals surface area contributed by atoms with Crippen molar-refractivity contribution >= 4 is 48.9 Å². The maximum Gasteiger partial charge on any atom is 0.416 e. The summed E-state index contributed by atoms with van der Waals surface area (Å²) in [6.45, 7) is 0.786. The number of carbonyl (C=O) groups excluding carboxylic acids is 1. The minimum atomic E-state index is -4.64. The summed E-state index contributed by atoms with van der Waals surface area (Å²) in [5, 5.41) is 2.57. The molecule has 0 spiro atoms. The molecule has 4 rings (SSSR count). The van der Waals surface area contributed by atoms with Crippen LogP contribution in [0.2, 0.25) is 5.02 Å². The van der Waals surface area contributed by atoms with Gasteiger partial charge in [-0.2, -0.15) is 17.5 Å². The van der Waals surface area contributed by atoms with Gasteiger partial charge in [-0.25, -0.2) is 16.8 Å². The molecule has 1 aliphatic rings. The highest BCUT2D eigenvalue weighted by atomic mass is 35.5. The first-order valence-electron chi connectivity index (χ1n) is 12.2. The van der Waals surface area contributed by atoms with Gasteiger partial charge in [-0.05, 0) is 73.5 Å². The SMILES string of the molecule is O=C(Nc1ccc(S(=O)(=O)Nc2cccc(C(F)(F)F)c2)cc1)c1cc(S(=O)(=O)N2CCCCCC2)ccc1Cl. The van der Waals surface area contributed by atoms with E-state index in [1.807, 2.05) is 0 Å². The highest BCUT2D eigenvalue weighted by molar-refractivity contribution is 7.92. The maximum atomic E-state index is 13.1. The lowest BCUT2D eigenvalue weighted by Gasteiger charge is -2.20. The third-order valence-electron chi connectivity index (χ3n) is 6.25. The van der Waals surface area contributed by atoms with E-state index in [1.54, 1.807) is 0 Å². The van der Waals surface area contributed by atoms with Crippen molar-refractivity contribution in [2.75, 3.05) is 23.1 Å². The summed E-state index contributed by atoms with van der Waals surface area (Å²) >= 11 is 6.19. The second kappa shape index (κ2) is 11.8. The molecule has 1 fully saturated rings. The maximum absolute atomic E-state index is 13.1. The van der Waals surface area contributed by atoms with Gasteiger partial charge in [0, 0.05) is 24.5 Å². The third kappa shape index (κ3) is 6.95. The first-order chi connectivity index (χ1) is 18.8. The molecule has 0 bridgehead atoms. The third-order valence-corrected chi connectivity index (χ3v) is 9.87. The second-order valence-corrected chi connectivity index (χ2v) is 13.2. The molecule has 1 amide bonds. The van der Waals surface area contributed by atoms with Crippen LogP contribution in [-0.2, 0) is 26.2 Å². The van der Waals surface area contributed by atoms with Crippen molar-refractivity contribution in [3.63, 3.8) is 0 Å². The van der Waals surface area contributed by atoms with Gasteiger partial charge >= 0.3 is 6.18 Å². The Morgan fingerprint density at radius 3 is 2.05 bits per heavy atom. The average molecular weight is 616 g/mol. The van der Waals surface area contributed by atoms with E-state index in [0.29, 0.717) is 19.2 Å². The lowest BCUT2D eigenvalue weighted by atomic mass is 10.2. The zero-order valence-corrected chi connectivity index (χ0v) is 23.3. The first kappa shape index (κ1) is 29.8. The molecule has 40 heavy (non-hydrogen) atoms. The Morgan fingerprint density at radius 2 is 1.43 bits per heavy atom. The normalized spacial score (nSPS) is 15.3. The van der Waals surface area contributed by atoms with Crippen LogP contribution in [-0.4, -0.2) is 40.1 Å². The van der Waals surface area contributed by atoms with Crippen molar-refractivity contribution < 1.29 is 34.8 Å². The predicted octanol–water partition coefficient (Wildman–Crippen LogP) is 5.98. The number of sulfonamides is 2. The van der Waals surface area contributed by atoms with E-state index in [4.69, 9.17) is 11.6 Å². The monoisotopic (exact) mass is 615 g/mol. The van der Waals surface area contributed by atoms with Gasteiger partial charge in [0.2, 0.25) is 10.0 Å². The average Bonchev–Trinajstić information content (AvgIpc) is 3.19. The number of hydrogen-bond acceptors (Lipinski definition) is 5. The fraction of sp³-hybridized carbons (Fsp3) is 0.269. The van der Waals surface area contributed by atoms with Crippen molar-refractivity contribution in [1.82, 2.24) is 4.31 Å². The van der Waals surface area contributed by atoms with Crippen LogP contribution in [0.5, 0.6) is 0 Å². The minimum Gasteiger partial charge on any atom is -0.322 e. The lowest BCUT2D eigenvalue weighted by Crippen LogP contribution is -2.32. The molecule has 8 nitrogen and oxygen atoms in total. The highest BCUT2D eigenvalue weighted by Gasteiger charge is 2.31. The summed E-state index contributed by atoms with van der Waals surface area (Å²) in [7, 11) is -8.07. The number of carbonyl (C=O) groups is 1. The molecule has 0 atom stereocenters. The first-order valence-corrected chi connectivity index (χ1v) is 15.5. The number of halogens is 4. The molecule has 2 N–H and O–H groups in total. The minimum absolute atomic E-state index is 0.0248. The summed E-state index contributed by atoms with van der Waals surface area (Å²) in [6.07, 6.45) is -1.24. The number of nitrogens with one attached hydrogen (secondary N) is 2. The fourth-order valence-corrected chi connectivity index (χ4v) is 6.96. The Morgan fingerprint density at radius 1 is 0.800 bits per heavy atom. The zero-order chi connectivity index (χ0) is 29.1. The second-order valence-electron chi connectivity index (χ2n) is 9.12. The molecule has 0 aliphatic carbocycles. The summed E-state index contributed by atoms with van der Waals surface area (Å²) in [6, 6.07) is 12.5. The van der Waals surface area contributed by atoms with Gasteiger partial charge in [-0.3, -0.25) is 9.52 Å². The van der Waals surface area contributed by atoms with Crippen LogP contribution in [0.3, 0.4) is 0 Å². The molecular formula is C26H25ClF3N3O5S2. The van der Waals surface area contributed by atoms with Gasteiger partial charge in [0.1, 0.15) is 0 Å². The van der Waals surface area contributed by atoms with Crippen molar-refractivity contribution in [1.29, 1.82) is 0 Å².